The van der Waals surface area contributed by atoms with Crippen LogP contribution in [0.2, 0.25) is 0 Å². The summed E-state index contributed by atoms with van der Waals surface area (Å²) in [6.07, 6.45) is 0.334. The number of hydrogen-bond acceptors (Lipinski definition) is 5. The molecule has 1 amide bonds. The molecule has 0 saturated heterocycles. The van der Waals surface area contributed by atoms with Crippen LogP contribution >= 0.6 is 0 Å². The summed E-state index contributed by atoms with van der Waals surface area (Å²) >= 11 is 0. The molecule has 0 saturated carbocycles. The lowest BCUT2D eigenvalue weighted by molar-refractivity contribution is -0.117. The van der Waals surface area contributed by atoms with E-state index >= 15 is 0 Å². The van der Waals surface area contributed by atoms with Gasteiger partial charge in [-0.15, -0.1) is 5.10 Å². The molecule has 0 spiro atoms. The van der Waals surface area contributed by atoms with E-state index in [2.05, 4.69) is 34.7 Å². The number of carbonyl (C=O) groups excluding carboxylic acids is 1. The molecule has 22 heavy (non-hydrogen) atoms. The monoisotopic (exact) mass is 303 g/mol. The van der Waals surface area contributed by atoms with Crippen LogP contribution in [-0.4, -0.2) is 39.3 Å². The molecule has 7 heteroatoms. The zero-order chi connectivity index (χ0) is 15.9. The Hall–Kier alpha value is -2.28. The fourth-order valence-corrected chi connectivity index (χ4v) is 1.89. The second kappa shape index (κ2) is 7.65. The molecule has 2 aromatic rings. The summed E-state index contributed by atoms with van der Waals surface area (Å²) in [6.45, 7) is 7.06. The number of benzene rings is 1. The summed E-state index contributed by atoms with van der Waals surface area (Å²) in [4.78, 5) is 11.9. The lowest BCUT2D eigenvalue weighted by atomic mass is 10.2. The fraction of sp³-hybridized carbons (Fsp3) is 0.467. The van der Waals surface area contributed by atoms with Crippen LogP contribution in [0.15, 0.2) is 24.3 Å². The first-order valence-corrected chi connectivity index (χ1v) is 7.29. The lowest BCUT2D eigenvalue weighted by Crippen LogP contribution is -2.15. The number of tetrazole rings is 1. The van der Waals surface area contributed by atoms with Crippen LogP contribution in [0.25, 0.3) is 5.69 Å². The van der Waals surface area contributed by atoms with Crippen LogP contribution < -0.4 is 5.32 Å². The van der Waals surface area contributed by atoms with Gasteiger partial charge in [0.1, 0.15) is 0 Å². The Kier molecular flexibility index (Phi) is 5.60. The van der Waals surface area contributed by atoms with Gasteiger partial charge in [-0.3, -0.25) is 4.79 Å². The Labute approximate surface area is 129 Å². The molecule has 7 nitrogen and oxygen atoms in total. The van der Waals surface area contributed by atoms with E-state index in [1.165, 1.54) is 0 Å². The van der Waals surface area contributed by atoms with Crippen molar-refractivity contribution in [1.82, 2.24) is 20.2 Å². The van der Waals surface area contributed by atoms with E-state index in [4.69, 9.17) is 4.74 Å². The quantitative estimate of drug-likeness (QED) is 0.791. The Bertz CT molecular complexity index is 624. The molecule has 1 N–H and O–H groups in total. The molecule has 0 aliphatic heterocycles. The molecule has 0 bridgehead atoms. The van der Waals surface area contributed by atoms with E-state index in [0.29, 0.717) is 37.1 Å². The smallest absolute Gasteiger partial charge is 0.226 e. The van der Waals surface area contributed by atoms with E-state index in [-0.39, 0.29) is 5.91 Å². The van der Waals surface area contributed by atoms with Crippen molar-refractivity contribution in [3.63, 3.8) is 0 Å². The van der Waals surface area contributed by atoms with E-state index in [9.17, 15) is 4.79 Å². The largest absolute Gasteiger partial charge is 0.381 e. The summed E-state index contributed by atoms with van der Waals surface area (Å²) in [5, 5.41) is 14.2. The summed E-state index contributed by atoms with van der Waals surface area (Å²) in [5.74, 6) is 1.08. The molecule has 1 heterocycles. The number of aryl methyl sites for hydroxylation is 1. The lowest BCUT2D eigenvalue weighted by Gasteiger charge is -2.09. The molecule has 0 aliphatic carbocycles. The zero-order valence-electron chi connectivity index (χ0n) is 13.1. The molecule has 2 rings (SSSR count). The highest BCUT2D eigenvalue weighted by Gasteiger charge is 2.07. The maximum Gasteiger partial charge on any atom is 0.226 e. The van der Waals surface area contributed by atoms with Crippen LogP contribution in [0.3, 0.4) is 0 Å². The number of anilines is 1. The van der Waals surface area contributed by atoms with Gasteiger partial charge in [-0.2, -0.15) is 4.68 Å². The van der Waals surface area contributed by atoms with Gasteiger partial charge in [0.15, 0.2) is 5.82 Å². The Balaban J connectivity index is 1.90. The number of carbonyl (C=O) groups is 1. The standard InChI is InChI=1S/C15H21N5O2/c1-11(2)10-22-8-7-15(21)16-13-5-4-6-14(9-13)20-12(3)17-18-19-20/h4-6,9,11H,7-8,10H2,1-3H3,(H,16,21). The molecule has 0 atom stereocenters. The molecule has 1 aromatic heterocycles. The maximum atomic E-state index is 11.9. The summed E-state index contributed by atoms with van der Waals surface area (Å²) in [5.41, 5.74) is 1.51. The molecular weight excluding hydrogens is 282 g/mol. The van der Waals surface area contributed by atoms with Gasteiger partial charge in [0.05, 0.1) is 18.7 Å². The molecular formula is C15H21N5O2. The van der Waals surface area contributed by atoms with Gasteiger partial charge in [0.2, 0.25) is 5.91 Å². The summed E-state index contributed by atoms with van der Waals surface area (Å²) < 4.78 is 7.02. The van der Waals surface area contributed by atoms with Crippen molar-refractivity contribution < 1.29 is 9.53 Å². The second-order valence-corrected chi connectivity index (χ2v) is 5.46. The highest BCUT2D eigenvalue weighted by Crippen LogP contribution is 2.14. The Morgan fingerprint density at radius 1 is 1.41 bits per heavy atom. The van der Waals surface area contributed by atoms with Crippen LogP contribution in [0.4, 0.5) is 5.69 Å². The van der Waals surface area contributed by atoms with Gasteiger partial charge in [-0.1, -0.05) is 19.9 Å². The third-order valence-electron chi connectivity index (χ3n) is 2.92. The average Bonchev–Trinajstić information content (AvgIpc) is 2.90. The fourth-order valence-electron chi connectivity index (χ4n) is 1.89. The minimum atomic E-state index is -0.0747. The van der Waals surface area contributed by atoms with Crippen LogP contribution in [0, 0.1) is 12.8 Å². The van der Waals surface area contributed by atoms with Gasteiger partial charge < -0.3 is 10.1 Å². The van der Waals surface area contributed by atoms with E-state index in [0.717, 1.165) is 5.69 Å². The Morgan fingerprint density at radius 3 is 2.91 bits per heavy atom. The third-order valence-corrected chi connectivity index (χ3v) is 2.92. The number of nitrogens with zero attached hydrogens (tertiary/aromatic N) is 4. The SMILES string of the molecule is Cc1nnnn1-c1cccc(NC(=O)CCOCC(C)C)c1. The van der Waals surface area contributed by atoms with Crippen LogP contribution in [0.5, 0.6) is 0 Å². The highest BCUT2D eigenvalue weighted by atomic mass is 16.5. The number of amides is 1. The second-order valence-electron chi connectivity index (χ2n) is 5.46. The highest BCUT2D eigenvalue weighted by molar-refractivity contribution is 5.91. The van der Waals surface area contributed by atoms with E-state index < -0.39 is 0 Å². The molecule has 0 fully saturated rings. The van der Waals surface area contributed by atoms with Gasteiger partial charge in [0.25, 0.3) is 0 Å². The minimum Gasteiger partial charge on any atom is -0.381 e. The summed E-state index contributed by atoms with van der Waals surface area (Å²) in [7, 11) is 0. The number of aromatic nitrogens is 4. The van der Waals surface area contributed by atoms with Gasteiger partial charge in [0, 0.05) is 12.3 Å². The first-order valence-electron chi connectivity index (χ1n) is 7.29. The molecule has 0 aliphatic rings. The number of rotatable bonds is 7. The van der Waals surface area contributed by atoms with Crippen molar-refractivity contribution >= 4 is 11.6 Å². The normalized spacial score (nSPS) is 10.9. The summed E-state index contributed by atoms with van der Waals surface area (Å²) in [6, 6.07) is 7.39. The first kappa shape index (κ1) is 16.1. The average molecular weight is 303 g/mol. The van der Waals surface area contributed by atoms with E-state index in [1.807, 2.05) is 31.2 Å². The van der Waals surface area contributed by atoms with Crippen molar-refractivity contribution in [3.05, 3.63) is 30.1 Å². The van der Waals surface area contributed by atoms with Crippen molar-refractivity contribution in [2.24, 2.45) is 5.92 Å². The van der Waals surface area contributed by atoms with Crippen molar-refractivity contribution in [2.45, 2.75) is 27.2 Å². The van der Waals surface area contributed by atoms with E-state index in [1.54, 1.807) is 4.68 Å². The van der Waals surface area contributed by atoms with Crippen molar-refractivity contribution in [1.29, 1.82) is 0 Å². The predicted molar refractivity (Wildman–Crippen MR) is 82.8 cm³/mol. The Morgan fingerprint density at radius 2 is 2.23 bits per heavy atom. The zero-order valence-corrected chi connectivity index (χ0v) is 13.1. The van der Waals surface area contributed by atoms with Crippen molar-refractivity contribution in [2.75, 3.05) is 18.5 Å². The maximum absolute atomic E-state index is 11.9. The van der Waals surface area contributed by atoms with Crippen molar-refractivity contribution in [3.8, 4) is 5.69 Å². The molecule has 1 aromatic carbocycles. The number of ether oxygens (including phenoxy) is 1. The molecule has 0 radical (unpaired) electrons. The molecule has 118 valence electrons. The number of nitrogens with one attached hydrogen (secondary N) is 1. The first-order chi connectivity index (χ1) is 10.6. The number of hydrogen-bond donors (Lipinski definition) is 1. The van der Waals surface area contributed by atoms with Gasteiger partial charge in [-0.05, 0) is 41.5 Å². The van der Waals surface area contributed by atoms with Gasteiger partial charge in [-0.25, -0.2) is 0 Å². The topological polar surface area (TPSA) is 81.9 Å². The predicted octanol–water partition coefficient (Wildman–Crippen LogP) is 1.97. The third kappa shape index (κ3) is 4.63. The minimum absolute atomic E-state index is 0.0747. The molecule has 0 unspecified atom stereocenters. The van der Waals surface area contributed by atoms with Crippen LogP contribution in [0.1, 0.15) is 26.1 Å². The van der Waals surface area contributed by atoms with Crippen LogP contribution in [-0.2, 0) is 9.53 Å². The van der Waals surface area contributed by atoms with Gasteiger partial charge >= 0.3 is 0 Å².